The second-order valence-electron chi connectivity index (χ2n) is 3.05. The Labute approximate surface area is 74.2 Å². The number of nitrogens with zero attached hydrogens (tertiary/aromatic N) is 1. The molecule has 2 rings (SSSR count). The lowest BCUT2D eigenvalue weighted by atomic mass is 10.4. The van der Waals surface area contributed by atoms with Gasteiger partial charge in [0.1, 0.15) is 5.82 Å². The van der Waals surface area contributed by atoms with Crippen LogP contribution in [-0.2, 0) is 4.79 Å². The first kappa shape index (κ1) is 7.97. The number of carbonyl (C=O) groups excluding carboxylic acids is 1. The molecule has 1 aliphatic rings. The molecule has 13 heavy (non-hydrogen) atoms. The van der Waals surface area contributed by atoms with Crippen molar-refractivity contribution in [2.24, 2.45) is 5.92 Å². The molecule has 0 aliphatic heterocycles. The van der Waals surface area contributed by atoms with Gasteiger partial charge in [0.25, 0.3) is 0 Å². The zero-order valence-corrected chi connectivity index (χ0v) is 6.91. The molecule has 0 unspecified atom stereocenters. The van der Waals surface area contributed by atoms with Crippen molar-refractivity contribution in [3.8, 4) is 0 Å². The van der Waals surface area contributed by atoms with E-state index in [1.807, 2.05) is 0 Å². The quantitative estimate of drug-likeness (QED) is 0.677. The molecule has 1 aromatic heterocycles. The minimum absolute atomic E-state index is 0.0261. The summed E-state index contributed by atoms with van der Waals surface area (Å²) in [6.07, 6.45) is 3.25. The van der Waals surface area contributed by atoms with E-state index < -0.39 is 5.69 Å². The van der Waals surface area contributed by atoms with Gasteiger partial charge in [0, 0.05) is 12.1 Å². The second-order valence-corrected chi connectivity index (χ2v) is 3.05. The zero-order chi connectivity index (χ0) is 9.26. The average Bonchev–Trinajstić information content (AvgIpc) is 2.85. The molecule has 0 spiro atoms. The molecular formula is C8H9N3O2. The Hall–Kier alpha value is -1.65. The number of anilines is 1. The fraction of sp³-hybridized carbons (Fsp3) is 0.375. The van der Waals surface area contributed by atoms with Crippen LogP contribution >= 0.6 is 0 Å². The van der Waals surface area contributed by atoms with Gasteiger partial charge in [-0.3, -0.25) is 9.78 Å². The SMILES string of the molecule is O=C(Nc1ccnc(=O)[nH]1)C1CC1. The highest BCUT2D eigenvalue weighted by Gasteiger charge is 2.29. The monoisotopic (exact) mass is 179 g/mol. The summed E-state index contributed by atoms with van der Waals surface area (Å²) in [6, 6.07) is 1.56. The summed E-state index contributed by atoms with van der Waals surface area (Å²) < 4.78 is 0. The molecule has 1 fully saturated rings. The summed E-state index contributed by atoms with van der Waals surface area (Å²) >= 11 is 0. The number of aromatic amines is 1. The molecule has 0 radical (unpaired) electrons. The normalized spacial score (nSPS) is 15.4. The fourth-order valence-electron chi connectivity index (χ4n) is 1.02. The number of aromatic nitrogens is 2. The molecular weight excluding hydrogens is 170 g/mol. The largest absolute Gasteiger partial charge is 0.346 e. The van der Waals surface area contributed by atoms with E-state index in [1.165, 1.54) is 6.20 Å². The van der Waals surface area contributed by atoms with Crippen molar-refractivity contribution in [2.75, 3.05) is 5.32 Å². The first-order valence-electron chi connectivity index (χ1n) is 4.12. The highest BCUT2D eigenvalue weighted by atomic mass is 16.2. The molecule has 68 valence electrons. The molecule has 5 nitrogen and oxygen atoms in total. The highest BCUT2D eigenvalue weighted by Crippen LogP contribution is 2.29. The van der Waals surface area contributed by atoms with Gasteiger partial charge in [-0.15, -0.1) is 0 Å². The summed E-state index contributed by atoms with van der Waals surface area (Å²) in [5, 5.41) is 2.61. The van der Waals surface area contributed by atoms with Gasteiger partial charge in [0.15, 0.2) is 0 Å². The Morgan fingerprint density at radius 1 is 1.62 bits per heavy atom. The van der Waals surface area contributed by atoms with Crippen LogP contribution in [-0.4, -0.2) is 15.9 Å². The molecule has 1 aliphatic carbocycles. The van der Waals surface area contributed by atoms with E-state index in [4.69, 9.17) is 0 Å². The van der Waals surface area contributed by atoms with Gasteiger partial charge in [-0.25, -0.2) is 9.78 Å². The lowest BCUT2D eigenvalue weighted by Gasteiger charge is -2.01. The van der Waals surface area contributed by atoms with Gasteiger partial charge < -0.3 is 5.32 Å². The lowest BCUT2D eigenvalue weighted by Crippen LogP contribution is -2.18. The van der Waals surface area contributed by atoms with E-state index in [1.54, 1.807) is 6.07 Å². The van der Waals surface area contributed by atoms with Gasteiger partial charge in [0.2, 0.25) is 5.91 Å². The van der Waals surface area contributed by atoms with E-state index in [2.05, 4.69) is 15.3 Å². The van der Waals surface area contributed by atoms with Crippen molar-refractivity contribution in [3.05, 3.63) is 22.7 Å². The van der Waals surface area contributed by atoms with Crippen molar-refractivity contribution >= 4 is 11.7 Å². The Morgan fingerprint density at radius 2 is 2.38 bits per heavy atom. The van der Waals surface area contributed by atoms with Crippen LogP contribution in [0.25, 0.3) is 0 Å². The van der Waals surface area contributed by atoms with Crippen molar-refractivity contribution < 1.29 is 4.79 Å². The Morgan fingerprint density at radius 3 is 3.00 bits per heavy atom. The number of hydrogen-bond donors (Lipinski definition) is 2. The van der Waals surface area contributed by atoms with Crippen LogP contribution in [0, 0.1) is 5.92 Å². The molecule has 5 heteroatoms. The summed E-state index contributed by atoms with van der Waals surface area (Å²) in [4.78, 5) is 27.8. The standard InChI is InChI=1S/C8H9N3O2/c12-7(5-1-2-5)10-6-3-4-9-8(13)11-6/h3-5H,1-2H2,(H2,9,10,11,12,13). The number of nitrogens with one attached hydrogen (secondary N) is 2. The average molecular weight is 179 g/mol. The molecule has 1 amide bonds. The maximum Gasteiger partial charge on any atom is 0.346 e. The zero-order valence-electron chi connectivity index (χ0n) is 6.91. The van der Waals surface area contributed by atoms with Crippen LogP contribution in [0.2, 0.25) is 0 Å². The molecule has 2 N–H and O–H groups in total. The van der Waals surface area contributed by atoms with Crippen molar-refractivity contribution in [2.45, 2.75) is 12.8 Å². The smallest absolute Gasteiger partial charge is 0.312 e. The summed E-state index contributed by atoms with van der Waals surface area (Å²) in [5.41, 5.74) is -0.450. The molecule has 1 aromatic rings. The summed E-state index contributed by atoms with van der Waals surface area (Å²) in [6.45, 7) is 0. The van der Waals surface area contributed by atoms with E-state index in [0.29, 0.717) is 5.82 Å². The minimum atomic E-state index is -0.450. The van der Waals surface area contributed by atoms with Crippen LogP contribution in [0.1, 0.15) is 12.8 Å². The van der Waals surface area contributed by atoms with Gasteiger partial charge >= 0.3 is 5.69 Å². The van der Waals surface area contributed by atoms with Crippen LogP contribution in [0.5, 0.6) is 0 Å². The Kier molecular flexibility index (Phi) is 1.84. The Balaban J connectivity index is 2.08. The first-order chi connectivity index (χ1) is 6.25. The first-order valence-corrected chi connectivity index (χ1v) is 4.12. The highest BCUT2D eigenvalue weighted by molar-refractivity contribution is 5.93. The van der Waals surface area contributed by atoms with Crippen LogP contribution in [0.3, 0.4) is 0 Å². The number of rotatable bonds is 2. The third-order valence-electron chi connectivity index (χ3n) is 1.88. The van der Waals surface area contributed by atoms with Gasteiger partial charge in [-0.1, -0.05) is 0 Å². The van der Waals surface area contributed by atoms with Crippen LogP contribution < -0.4 is 11.0 Å². The number of carbonyl (C=O) groups is 1. The van der Waals surface area contributed by atoms with Crippen molar-refractivity contribution in [3.63, 3.8) is 0 Å². The number of hydrogen-bond acceptors (Lipinski definition) is 3. The van der Waals surface area contributed by atoms with E-state index in [9.17, 15) is 9.59 Å². The maximum atomic E-state index is 11.2. The van der Waals surface area contributed by atoms with Crippen LogP contribution in [0.4, 0.5) is 5.82 Å². The van der Waals surface area contributed by atoms with Crippen LogP contribution in [0.15, 0.2) is 17.1 Å². The molecule has 0 atom stereocenters. The van der Waals surface area contributed by atoms with E-state index >= 15 is 0 Å². The van der Waals surface area contributed by atoms with E-state index in [-0.39, 0.29) is 11.8 Å². The lowest BCUT2D eigenvalue weighted by molar-refractivity contribution is -0.117. The fourth-order valence-corrected chi connectivity index (χ4v) is 1.02. The van der Waals surface area contributed by atoms with E-state index in [0.717, 1.165) is 12.8 Å². The number of amides is 1. The molecule has 1 saturated carbocycles. The molecule has 0 bridgehead atoms. The Bertz CT molecular complexity index is 381. The second kappa shape index (κ2) is 3.01. The minimum Gasteiger partial charge on any atom is -0.312 e. The molecule has 0 saturated heterocycles. The predicted molar refractivity (Wildman–Crippen MR) is 46.2 cm³/mol. The van der Waals surface area contributed by atoms with Gasteiger partial charge in [0.05, 0.1) is 0 Å². The van der Waals surface area contributed by atoms with Crippen molar-refractivity contribution in [1.82, 2.24) is 9.97 Å². The molecule has 0 aromatic carbocycles. The summed E-state index contributed by atoms with van der Waals surface area (Å²) in [7, 11) is 0. The number of H-pyrrole nitrogens is 1. The van der Waals surface area contributed by atoms with Gasteiger partial charge in [-0.2, -0.15) is 0 Å². The third kappa shape index (κ3) is 1.93. The summed E-state index contributed by atoms with van der Waals surface area (Å²) in [5.74, 6) is 0.524. The third-order valence-corrected chi connectivity index (χ3v) is 1.88. The predicted octanol–water partition coefficient (Wildman–Crippen LogP) is 0.118. The van der Waals surface area contributed by atoms with Crippen molar-refractivity contribution in [1.29, 1.82) is 0 Å². The maximum absolute atomic E-state index is 11.2. The topological polar surface area (TPSA) is 74.8 Å². The van der Waals surface area contributed by atoms with Gasteiger partial charge in [-0.05, 0) is 18.9 Å². The molecule has 1 heterocycles.